The van der Waals surface area contributed by atoms with Crippen molar-refractivity contribution in [1.29, 1.82) is 0 Å². The van der Waals surface area contributed by atoms with Crippen molar-refractivity contribution in [3.8, 4) is 5.69 Å². The van der Waals surface area contributed by atoms with Gasteiger partial charge in [0.15, 0.2) is 0 Å². The van der Waals surface area contributed by atoms with E-state index in [1.807, 2.05) is 0 Å². The fourth-order valence-electron chi connectivity index (χ4n) is 2.87. The van der Waals surface area contributed by atoms with E-state index in [2.05, 4.69) is 15.6 Å². The third-order valence-electron chi connectivity index (χ3n) is 4.51. The summed E-state index contributed by atoms with van der Waals surface area (Å²) in [7, 11) is 0. The minimum atomic E-state index is -0.547. The lowest BCUT2D eigenvalue weighted by molar-refractivity contribution is -0.384. The zero-order chi connectivity index (χ0) is 20.4. The summed E-state index contributed by atoms with van der Waals surface area (Å²) in [6, 6.07) is 11.0. The molecule has 3 aromatic rings. The van der Waals surface area contributed by atoms with Crippen molar-refractivity contribution in [1.82, 2.24) is 14.9 Å². The number of imidazole rings is 1. The zero-order valence-electron chi connectivity index (χ0n) is 15.2. The van der Waals surface area contributed by atoms with E-state index in [1.54, 1.807) is 30.5 Å². The number of anilines is 1. The van der Waals surface area contributed by atoms with Crippen LogP contribution in [0.25, 0.3) is 5.69 Å². The maximum atomic E-state index is 12.6. The van der Waals surface area contributed by atoms with Gasteiger partial charge >= 0.3 is 0 Å². The average Bonchev–Trinajstić information content (AvgIpc) is 3.36. The van der Waals surface area contributed by atoms with E-state index < -0.39 is 10.8 Å². The molecule has 0 bridgehead atoms. The van der Waals surface area contributed by atoms with Crippen LogP contribution >= 0.6 is 0 Å². The Morgan fingerprint density at radius 3 is 2.59 bits per heavy atom. The number of nitro groups is 1. The molecule has 1 heterocycles. The first kappa shape index (κ1) is 18.4. The standard InChI is InChI=1S/C20H17N5O4/c26-19(22-15-5-6-15)13-2-1-3-16(10-13)23-20(27)14-4-7-17(18(11-14)25(28)29)24-9-8-21-12-24/h1-4,7-12,15H,5-6H2,(H,22,26)(H,23,27). The number of hydrogen-bond acceptors (Lipinski definition) is 5. The summed E-state index contributed by atoms with van der Waals surface area (Å²) in [5.74, 6) is -0.700. The summed E-state index contributed by atoms with van der Waals surface area (Å²) in [5, 5.41) is 17.0. The van der Waals surface area contributed by atoms with Gasteiger partial charge in [-0.2, -0.15) is 0 Å². The molecule has 0 spiro atoms. The van der Waals surface area contributed by atoms with Gasteiger partial charge < -0.3 is 15.2 Å². The van der Waals surface area contributed by atoms with Crippen molar-refractivity contribution < 1.29 is 14.5 Å². The Bertz CT molecular complexity index is 1090. The number of aromatic nitrogens is 2. The van der Waals surface area contributed by atoms with Gasteiger partial charge in [0.1, 0.15) is 5.69 Å². The highest BCUT2D eigenvalue weighted by Crippen LogP contribution is 2.25. The molecule has 4 rings (SSSR count). The van der Waals surface area contributed by atoms with Crippen molar-refractivity contribution in [3.05, 3.63) is 82.4 Å². The molecule has 1 aliphatic rings. The Morgan fingerprint density at radius 2 is 1.90 bits per heavy atom. The predicted molar refractivity (Wildman–Crippen MR) is 105 cm³/mol. The van der Waals surface area contributed by atoms with Crippen LogP contribution in [-0.4, -0.2) is 32.3 Å². The quantitative estimate of drug-likeness (QED) is 0.495. The molecule has 9 nitrogen and oxygen atoms in total. The number of nitrogens with zero attached hydrogens (tertiary/aromatic N) is 3. The minimum Gasteiger partial charge on any atom is -0.349 e. The van der Waals surface area contributed by atoms with Gasteiger partial charge in [-0.25, -0.2) is 4.98 Å². The van der Waals surface area contributed by atoms with Crippen LogP contribution in [0.2, 0.25) is 0 Å². The predicted octanol–water partition coefficient (Wildman–Crippen LogP) is 2.93. The van der Waals surface area contributed by atoms with Gasteiger partial charge in [0, 0.05) is 41.3 Å². The van der Waals surface area contributed by atoms with Crippen molar-refractivity contribution in [2.75, 3.05) is 5.32 Å². The average molecular weight is 391 g/mol. The molecule has 1 saturated carbocycles. The first-order chi connectivity index (χ1) is 14.0. The molecule has 2 N–H and O–H groups in total. The minimum absolute atomic E-state index is 0.133. The topological polar surface area (TPSA) is 119 Å². The lowest BCUT2D eigenvalue weighted by Crippen LogP contribution is -2.25. The van der Waals surface area contributed by atoms with Crippen LogP contribution < -0.4 is 10.6 Å². The highest BCUT2D eigenvalue weighted by Gasteiger charge is 2.24. The molecule has 9 heteroatoms. The first-order valence-corrected chi connectivity index (χ1v) is 9.00. The molecule has 1 aromatic heterocycles. The van der Waals surface area contributed by atoms with Crippen LogP contribution in [-0.2, 0) is 0 Å². The summed E-state index contributed by atoms with van der Waals surface area (Å²) < 4.78 is 1.50. The Balaban J connectivity index is 1.55. The van der Waals surface area contributed by atoms with Crippen LogP contribution in [0.15, 0.2) is 61.2 Å². The maximum absolute atomic E-state index is 12.6. The number of rotatable bonds is 6. The molecule has 0 atom stereocenters. The number of carbonyl (C=O) groups is 2. The second-order valence-electron chi connectivity index (χ2n) is 6.71. The smallest absolute Gasteiger partial charge is 0.294 e. The van der Waals surface area contributed by atoms with Crippen LogP contribution in [0.5, 0.6) is 0 Å². The second-order valence-corrected chi connectivity index (χ2v) is 6.71. The number of benzene rings is 2. The molecule has 146 valence electrons. The van der Waals surface area contributed by atoms with Crippen LogP contribution in [0.4, 0.5) is 11.4 Å². The molecule has 29 heavy (non-hydrogen) atoms. The third kappa shape index (κ3) is 4.13. The van der Waals surface area contributed by atoms with E-state index >= 15 is 0 Å². The fourth-order valence-corrected chi connectivity index (χ4v) is 2.87. The molecular formula is C20H17N5O4. The highest BCUT2D eigenvalue weighted by atomic mass is 16.6. The summed E-state index contributed by atoms with van der Waals surface area (Å²) in [6.45, 7) is 0. The van der Waals surface area contributed by atoms with E-state index in [-0.39, 0.29) is 23.2 Å². The molecule has 0 unspecified atom stereocenters. The summed E-state index contributed by atoms with van der Waals surface area (Å²) >= 11 is 0. The molecule has 2 amide bonds. The van der Waals surface area contributed by atoms with Gasteiger partial charge in [0.2, 0.25) is 0 Å². The van der Waals surface area contributed by atoms with E-state index in [1.165, 1.54) is 35.3 Å². The summed E-state index contributed by atoms with van der Waals surface area (Å²) in [5.41, 5.74) is 1.10. The van der Waals surface area contributed by atoms with Gasteiger partial charge in [-0.05, 0) is 43.2 Å². The van der Waals surface area contributed by atoms with Crippen molar-refractivity contribution in [2.45, 2.75) is 18.9 Å². The van der Waals surface area contributed by atoms with Crippen molar-refractivity contribution in [3.63, 3.8) is 0 Å². The Hall–Kier alpha value is -4.01. The lowest BCUT2D eigenvalue weighted by atomic mass is 10.1. The Kier molecular flexibility index (Phi) is 4.78. The normalized spacial score (nSPS) is 13.0. The van der Waals surface area contributed by atoms with Gasteiger partial charge in [0.25, 0.3) is 17.5 Å². The van der Waals surface area contributed by atoms with Crippen LogP contribution in [0, 0.1) is 10.1 Å². The number of hydrogen-bond donors (Lipinski definition) is 2. The molecule has 2 aromatic carbocycles. The zero-order valence-corrected chi connectivity index (χ0v) is 15.2. The number of nitro benzene ring substituents is 1. The van der Waals surface area contributed by atoms with Gasteiger partial charge in [-0.1, -0.05) is 6.07 Å². The van der Waals surface area contributed by atoms with E-state index in [0.717, 1.165) is 12.8 Å². The molecular weight excluding hydrogens is 374 g/mol. The number of carbonyl (C=O) groups excluding carboxylic acids is 2. The summed E-state index contributed by atoms with van der Waals surface area (Å²) in [4.78, 5) is 39.6. The van der Waals surface area contributed by atoms with Gasteiger partial charge in [0.05, 0.1) is 11.3 Å². The van der Waals surface area contributed by atoms with Gasteiger partial charge in [-0.15, -0.1) is 0 Å². The van der Waals surface area contributed by atoms with Crippen molar-refractivity contribution in [2.24, 2.45) is 0 Å². The largest absolute Gasteiger partial charge is 0.349 e. The summed E-state index contributed by atoms with van der Waals surface area (Å²) in [6.07, 6.45) is 6.50. The van der Waals surface area contributed by atoms with Crippen molar-refractivity contribution >= 4 is 23.2 Å². The fraction of sp³-hybridized carbons (Fsp3) is 0.150. The molecule has 1 aliphatic carbocycles. The first-order valence-electron chi connectivity index (χ1n) is 9.00. The number of amides is 2. The molecule has 0 aliphatic heterocycles. The van der Waals surface area contributed by atoms with Crippen LogP contribution in [0.3, 0.4) is 0 Å². The molecule has 0 saturated heterocycles. The lowest BCUT2D eigenvalue weighted by Gasteiger charge is -2.09. The maximum Gasteiger partial charge on any atom is 0.294 e. The molecule has 1 fully saturated rings. The van der Waals surface area contributed by atoms with Gasteiger partial charge in [-0.3, -0.25) is 19.7 Å². The van der Waals surface area contributed by atoms with E-state index in [4.69, 9.17) is 0 Å². The Labute approximate surface area is 165 Å². The third-order valence-corrected chi connectivity index (χ3v) is 4.51. The number of nitrogens with one attached hydrogen (secondary N) is 2. The highest BCUT2D eigenvalue weighted by molar-refractivity contribution is 6.05. The van der Waals surface area contributed by atoms with Crippen LogP contribution in [0.1, 0.15) is 33.6 Å². The Morgan fingerprint density at radius 1 is 1.10 bits per heavy atom. The van der Waals surface area contributed by atoms with E-state index in [9.17, 15) is 19.7 Å². The molecule has 0 radical (unpaired) electrons. The monoisotopic (exact) mass is 391 g/mol. The van der Waals surface area contributed by atoms with E-state index in [0.29, 0.717) is 16.9 Å². The second kappa shape index (κ2) is 7.55. The SMILES string of the molecule is O=C(Nc1cccc(C(=O)NC2CC2)c1)c1ccc(-n2ccnc2)c([N+](=O)[O-])c1.